The molecular formula is C30H34F3NO4. The standard InChI is InChI=1S/C30H34F3NO4/c1-5-21-18-26(13-8-22(21)9-15-29(35)36)37-17-16-20(2)38-28-14-10-24(30(31,32)33)19-27(28)23-6-11-25(12-7-23)34(3)4/h6-8,10-14,18-20H,5,9,15-17H2,1-4H3,(H,35,36). The normalized spacial score (nSPS) is 12.2. The first kappa shape index (κ1) is 28.9. The summed E-state index contributed by atoms with van der Waals surface area (Å²) in [6.07, 6.45) is -2.95. The van der Waals surface area contributed by atoms with Crippen LogP contribution >= 0.6 is 0 Å². The molecule has 0 aliphatic carbocycles. The molecule has 8 heteroatoms. The number of alkyl halides is 3. The molecule has 204 valence electrons. The lowest BCUT2D eigenvalue weighted by atomic mass is 10.0. The monoisotopic (exact) mass is 529 g/mol. The molecule has 5 nitrogen and oxygen atoms in total. The Hall–Kier alpha value is -3.68. The van der Waals surface area contributed by atoms with Crippen LogP contribution in [0.25, 0.3) is 11.1 Å². The quantitative estimate of drug-likeness (QED) is 0.268. The van der Waals surface area contributed by atoms with E-state index in [2.05, 4.69) is 0 Å². The molecule has 0 aromatic heterocycles. The Morgan fingerprint density at radius 3 is 2.32 bits per heavy atom. The van der Waals surface area contributed by atoms with Crippen LogP contribution in [0.4, 0.5) is 18.9 Å². The molecule has 0 amide bonds. The second-order valence-electron chi connectivity index (χ2n) is 9.39. The van der Waals surface area contributed by atoms with Crippen LogP contribution in [0, 0.1) is 0 Å². The van der Waals surface area contributed by atoms with Crippen LogP contribution in [0.5, 0.6) is 11.5 Å². The molecule has 0 bridgehead atoms. The van der Waals surface area contributed by atoms with Crippen molar-refractivity contribution in [2.24, 2.45) is 0 Å². The van der Waals surface area contributed by atoms with Crippen molar-refractivity contribution >= 4 is 11.7 Å². The third-order valence-electron chi connectivity index (χ3n) is 6.29. The number of aliphatic carboxylic acids is 1. The summed E-state index contributed by atoms with van der Waals surface area (Å²) in [5, 5.41) is 8.94. The molecule has 3 aromatic rings. The topological polar surface area (TPSA) is 59.0 Å². The minimum Gasteiger partial charge on any atom is -0.493 e. The molecule has 0 aliphatic heterocycles. The van der Waals surface area contributed by atoms with Gasteiger partial charge in [0.25, 0.3) is 0 Å². The number of ether oxygens (including phenoxy) is 2. The molecule has 0 saturated carbocycles. The van der Waals surface area contributed by atoms with Crippen molar-refractivity contribution in [3.05, 3.63) is 77.4 Å². The van der Waals surface area contributed by atoms with Gasteiger partial charge in [-0.25, -0.2) is 0 Å². The highest BCUT2D eigenvalue weighted by Crippen LogP contribution is 2.38. The van der Waals surface area contributed by atoms with E-state index in [1.165, 1.54) is 6.07 Å². The maximum atomic E-state index is 13.4. The molecule has 0 aliphatic rings. The first-order valence-electron chi connectivity index (χ1n) is 12.6. The Morgan fingerprint density at radius 1 is 1.00 bits per heavy atom. The summed E-state index contributed by atoms with van der Waals surface area (Å²) >= 11 is 0. The van der Waals surface area contributed by atoms with Crippen LogP contribution in [-0.2, 0) is 23.8 Å². The minimum atomic E-state index is -4.46. The van der Waals surface area contributed by atoms with Crippen molar-refractivity contribution in [1.82, 2.24) is 0 Å². The number of halogens is 3. The summed E-state index contributed by atoms with van der Waals surface area (Å²) in [5.41, 5.74) is 3.26. The number of anilines is 1. The molecule has 1 unspecified atom stereocenters. The van der Waals surface area contributed by atoms with Gasteiger partial charge in [0.2, 0.25) is 0 Å². The zero-order valence-electron chi connectivity index (χ0n) is 22.1. The molecule has 3 rings (SSSR count). The van der Waals surface area contributed by atoms with Crippen molar-refractivity contribution in [3.63, 3.8) is 0 Å². The first-order chi connectivity index (χ1) is 18.0. The summed E-state index contributed by atoms with van der Waals surface area (Å²) in [7, 11) is 3.79. The Morgan fingerprint density at radius 2 is 1.71 bits per heavy atom. The zero-order valence-corrected chi connectivity index (χ0v) is 22.1. The van der Waals surface area contributed by atoms with E-state index in [-0.39, 0.29) is 12.5 Å². The Balaban J connectivity index is 1.69. The van der Waals surface area contributed by atoms with E-state index in [0.29, 0.717) is 42.1 Å². The van der Waals surface area contributed by atoms with Gasteiger partial charge in [0, 0.05) is 38.2 Å². The Kier molecular flexibility index (Phi) is 9.66. The molecule has 1 N–H and O–H groups in total. The van der Waals surface area contributed by atoms with Crippen molar-refractivity contribution in [2.45, 2.75) is 51.8 Å². The summed E-state index contributed by atoms with van der Waals surface area (Å²) in [4.78, 5) is 12.8. The molecule has 1 atom stereocenters. The second-order valence-corrected chi connectivity index (χ2v) is 9.39. The fraction of sp³-hybridized carbons (Fsp3) is 0.367. The van der Waals surface area contributed by atoms with Gasteiger partial charge in [-0.15, -0.1) is 0 Å². The Bertz CT molecular complexity index is 1220. The van der Waals surface area contributed by atoms with E-state index in [0.717, 1.165) is 35.4 Å². The summed E-state index contributed by atoms with van der Waals surface area (Å²) in [5.74, 6) is 0.228. The smallest absolute Gasteiger partial charge is 0.416 e. The number of hydrogen-bond donors (Lipinski definition) is 1. The van der Waals surface area contributed by atoms with Crippen LogP contribution in [0.2, 0.25) is 0 Å². The zero-order chi connectivity index (χ0) is 27.9. The van der Waals surface area contributed by atoms with Crippen molar-refractivity contribution in [1.29, 1.82) is 0 Å². The fourth-order valence-electron chi connectivity index (χ4n) is 4.10. The molecule has 0 radical (unpaired) electrons. The lowest BCUT2D eigenvalue weighted by molar-refractivity contribution is -0.138. The van der Waals surface area contributed by atoms with Gasteiger partial charge >= 0.3 is 12.1 Å². The van der Waals surface area contributed by atoms with Gasteiger partial charge in [-0.05, 0) is 78.9 Å². The highest BCUT2D eigenvalue weighted by Gasteiger charge is 2.31. The van der Waals surface area contributed by atoms with Crippen molar-refractivity contribution < 1.29 is 32.5 Å². The van der Waals surface area contributed by atoms with E-state index in [1.54, 1.807) is 12.1 Å². The van der Waals surface area contributed by atoms with Crippen LogP contribution in [-0.4, -0.2) is 37.9 Å². The van der Waals surface area contributed by atoms with E-state index < -0.39 is 17.7 Å². The number of carboxylic acids is 1. The lowest BCUT2D eigenvalue weighted by Gasteiger charge is -2.20. The summed E-state index contributed by atoms with van der Waals surface area (Å²) < 4.78 is 52.3. The van der Waals surface area contributed by atoms with E-state index >= 15 is 0 Å². The van der Waals surface area contributed by atoms with Crippen molar-refractivity contribution in [2.75, 3.05) is 25.6 Å². The van der Waals surface area contributed by atoms with Gasteiger partial charge in [0.15, 0.2) is 0 Å². The molecule has 0 heterocycles. The molecular weight excluding hydrogens is 495 g/mol. The number of rotatable bonds is 12. The van der Waals surface area contributed by atoms with Gasteiger partial charge in [-0.2, -0.15) is 13.2 Å². The van der Waals surface area contributed by atoms with Gasteiger partial charge < -0.3 is 19.5 Å². The van der Waals surface area contributed by atoms with Gasteiger partial charge in [-0.1, -0.05) is 25.1 Å². The van der Waals surface area contributed by atoms with E-state index in [4.69, 9.17) is 14.6 Å². The predicted molar refractivity (Wildman–Crippen MR) is 143 cm³/mol. The average molecular weight is 530 g/mol. The number of benzene rings is 3. The predicted octanol–water partition coefficient (Wildman–Crippen LogP) is 7.25. The molecule has 3 aromatic carbocycles. The van der Waals surface area contributed by atoms with Gasteiger partial charge in [-0.3, -0.25) is 4.79 Å². The molecule has 38 heavy (non-hydrogen) atoms. The van der Waals surface area contributed by atoms with Crippen LogP contribution in [0.1, 0.15) is 43.4 Å². The fourth-order valence-corrected chi connectivity index (χ4v) is 4.10. The van der Waals surface area contributed by atoms with E-state index in [1.807, 2.05) is 63.2 Å². The molecule has 0 spiro atoms. The highest BCUT2D eigenvalue weighted by atomic mass is 19.4. The third kappa shape index (κ3) is 7.91. The minimum absolute atomic E-state index is 0.0772. The highest BCUT2D eigenvalue weighted by molar-refractivity contribution is 5.73. The lowest BCUT2D eigenvalue weighted by Crippen LogP contribution is -2.17. The van der Waals surface area contributed by atoms with Gasteiger partial charge in [0.05, 0.1) is 18.3 Å². The third-order valence-corrected chi connectivity index (χ3v) is 6.29. The molecule has 0 fully saturated rings. The number of carbonyl (C=O) groups is 1. The number of nitrogens with zero attached hydrogens (tertiary/aromatic N) is 1. The second kappa shape index (κ2) is 12.7. The Labute approximate surface area is 221 Å². The average Bonchev–Trinajstić information content (AvgIpc) is 2.87. The first-order valence-corrected chi connectivity index (χ1v) is 12.6. The number of carboxylic acid groups (broad SMARTS) is 1. The summed E-state index contributed by atoms with van der Waals surface area (Å²) in [6, 6.07) is 16.5. The molecule has 0 saturated heterocycles. The SMILES string of the molecule is CCc1cc(OCCC(C)Oc2ccc(C(F)(F)F)cc2-c2ccc(N(C)C)cc2)ccc1CCC(=O)O. The maximum Gasteiger partial charge on any atom is 0.416 e. The number of aryl methyl sites for hydroxylation is 2. The van der Waals surface area contributed by atoms with Crippen LogP contribution < -0.4 is 14.4 Å². The summed E-state index contributed by atoms with van der Waals surface area (Å²) in [6.45, 7) is 4.22. The largest absolute Gasteiger partial charge is 0.493 e. The van der Waals surface area contributed by atoms with Crippen LogP contribution in [0.3, 0.4) is 0 Å². The van der Waals surface area contributed by atoms with E-state index in [9.17, 15) is 18.0 Å². The number of hydrogen-bond acceptors (Lipinski definition) is 4. The van der Waals surface area contributed by atoms with Crippen molar-refractivity contribution in [3.8, 4) is 22.6 Å². The maximum absolute atomic E-state index is 13.4. The van der Waals surface area contributed by atoms with Crippen LogP contribution in [0.15, 0.2) is 60.7 Å². The van der Waals surface area contributed by atoms with Gasteiger partial charge in [0.1, 0.15) is 11.5 Å².